The normalized spacial score (nSPS) is 11.6. The molecule has 0 N–H and O–H groups in total. The van der Waals surface area contributed by atoms with Gasteiger partial charge >= 0.3 is 0 Å². The summed E-state index contributed by atoms with van der Waals surface area (Å²) in [6.45, 7) is 0. The summed E-state index contributed by atoms with van der Waals surface area (Å²) in [5.41, 5.74) is 9.43. The molecule has 7 aromatic carbocycles. The number of rotatable bonds is 5. The molecule has 0 saturated heterocycles. The van der Waals surface area contributed by atoms with Crippen LogP contribution in [0.15, 0.2) is 168 Å². The predicted octanol–water partition coefficient (Wildman–Crippen LogP) is 12.5. The number of fused-ring (bicyclic) bond motifs is 6. The van der Waals surface area contributed by atoms with Gasteiger partial charge in [-0.1, -0.05) is 146 Å². The molecular formula is C45H27N3OS. The van der Waals surface area contributed by atoms with E-state index in [9.17, 15) is 0 Å². The second-order valence-electron chi connectivity index (χ2n) is 12.4. The van der Waals surface area contributed by atoms with E-state index in [4.69, 9.17) is 19.4 Å². The summed E-state index contributed by atoms with van der Waals surface area (Å²) in [5, 5.41) is 4.73. The highest BCUT2D eigenvalue weighted by Crippen LogP contribution is 2.45. The fraction of sp³-hybridized carbons (Fsp3) is 0. The van der Waals surface area contributed by atoms with Gasteiger partial charge in [-0.3, -0.25) is 0 Å². The lowest BCUT2D eigenvalue weighted by Crippen LogP contribution is -1.99. The summed E-state index contributed by atoms with van der Waals surface area (Å²) >= 11 is 1.82. The van der Waals surface area contributed by atoms with Gasteiger partial charge in [0.2, 0.25) is 0 Å². The molecule has 0 aliphatic heterocycles. The molecule has 0 unspecified atom stereocenters. The minimum Gasteiger partial charge on any atom is -0.456 e. The number of furan rings is 1. The second kappa shape index (κ2) is 11.6. The third-order valence-corrected chi connectivity index (χ3v) is 10.6. The first-order valence-corrected chi connectivity index (χ1v) is 17.4. The summed E-state index contributed by atoms with van der Waals surface area (Å²) < 4.78 is 8.71. The first kappa shape index (κ1) is 28.6. The van der Waals surface area contributed by atoms with Crippen molar-refractivity contribution < 1.29 is 4.42 Å². The van der Waals surface area contributed by atoms with Gasteiger partial charge in [0.05, 0.1) is 0 Å². The van der Waals surface area contributed by atoms with Gasteiger partial charge in [0.15, 0.2) is 17.5 Å². The molecule has 3 aromatic heterocycles. The van der Waals surface area contributed by atoms with E-state index in [1.807, 2.05) is 84.1 Å². The lowest BCUT2D eigenvalue weighted by molar-refractivity contribution is 0.669. The van der Waals surface area contributed by atoms with E-state index in [2.05, 4.69) is 91.0 Å². The zero-order valence-corrected chi connectivity index (χ0v) is 27.6. The van der Waals surface area contributed by atoms with Gasteiger partial charge in [-0.05, 0) is 34.9 Å². The number of thiophene rings is 1. The fourth-order valence-electron chi connectivity index (χ4n) is 7.04. The zero-order valence-electron chi connectivity index (χ0n) is 26.7. The van der Waals surface area contributed by atoms with E-state index in [1.54, 1.807) is 0 Å². The van der Waals surface area contributed by atoms with Gasteiger partial charge in [0, 0.05) is 53.2 Å². The molecule has 50 heavy (non-hydrogen) atoms. The van der Waals surface area contributed by atoms with Crippen molar-refractivity contribution in [1.82, 2.24) is 15.0 Å². The van der Waals surface area contributed by atoms with Crippen LogP contribution in [-0.2, 0) is 0 Å². The summed E-state index contributed by atoms with van der Waals surface area (Å²) in [7, 11) is 0. The Labute approximate surface area is 292 Å². The van der Waals surface area contributed by atoms with Gasteiger partial charge in [-0.2, -0.15) is 0 Å². The first-order valence-electron chi connectivity index (χ1n) is 16.6. The van der Waals surface area contributed by atoms with E-state index in [-0.39, 0.29) is 0 Å². The quantitative estimate of drug-likeness (QED) is 0.185. The maximum Gasteiger partial charge on any atom is 0.164 e. The smallest absolute Gasteiger partial charge is 0.164 e. The average molecular weight is 658 g/mol. The fourth-order valence-corrected chi connectivity index (χ4v) is 8.31. The number of hydrogen-bond donors (Lipinski definition) is 0. The van der Waals surface area contributed by atoms with Gasteiger partial charge in [0.1, 0.15) is 11.2 Å². The summed E-state index contributed by atoms with van der Waals surface area (Å²) in [5.74, 6) is 1.97. The number of para-hydroxylation sites is 1. The highest BCUT2D eigenvalue weighted by Gasteiger charge is 2.19. The standard InChI is InChI=1S/C45H27N3OS/c1-3-13-28(14-4-1)43-46-44(29-15-5-2-6-16-29)48-45(47-43)30-25-26-33-36-22-11-21-35(42(36)50-40(33)27-30)32-18-8-7-17-31(32)34-20-12-24-39-41(34)37-19-9-10-23-38(37)49-39/h1-27H. The Morgan fingerprint density at radius 3 is 1.66 bits per heavy atom. The highest BCUT2D eigenvalue weighted by atomic mass is 32.1. The number of hydrogen-bond acceptors (Lipinski definition) is 5. The average Bonchev–Trinajstić information content (AvgIpc) is 3.77. The molecule has 0 amide bonds. The summed E-state index contributed by atoms with van der Waals surface area (Å²) in [6.07, 6.45) is 0. The van der Waals surface area contributed by atoms with Crippen molar-refractivity contribution in [1.29, 1.82) is 0 Å². The van der Waals surface area contributed by atoms with Crippen LogP contribution in [0.5, 0.6) is 0 Å². The van der Waals surface area contributed by atoms with Crippen LogP contribution in [0.3, 0.4) is 0 Å². The summed E-state index contributed by atoms with van der Waals surface area (Å²) in [6, 6.07) is 56.8. The zero-order chi connectivity index (χ0) is 33.0. The van der Waals surface area contributed by atoms with E-state index in [0.717, 1.165) is 38.6 Å². The number of benzene rings is 7. The highest BCUT2D eigenvalue weighted by molar-refractivity contribution is 7.26. The summed E-state index contributed by atoms with van der Waals surface area (Å²) in [4.78, 5) is 14.9. The van der Waals surface area contributed by atoms with E-state index in [0.29, 0.717) is 17.5 Å². The Morgan fingerprint density at radius 1 is 0.380 bits per heavy atom. The lowest BCUT2D eigenvalue weighted by Gasteiger charge is -2.12. The van der Waals surface area contributed by atoms with Crippen LogP contribution in [0.4, 0.5) is 0 Å². The number of nitrogens with zero attached hydrogens (tertiary/aromatic N) is 3. The Hall–Kier alpha value is -6.43. The predicted molar refractivity (Wildman–Crippen MR) is 207 cm³/mol. The van der Waals surface area contributed by atoms with E-state index < -0.39 is 0 Å². The van der Waals surface area contributed by atoms with Crippen molar-refractivity contribution in [2.45, 2.75) is 0 Å². The minimum atomic E-state index is 0.656. The van der Waals surface area contributed by atoms with Crippen molar-refractivity contribution in [3.05, 3.63) is 164 Å². The van der Waals surface area contributed by atoms with Crippen molar-refractivity contribution in [3.8, 4) is 56.4 Å². The molecule has 5 heteroatoms. The number of aromatic nitrogens is 3. The van der Waals surface area contributed by atoms with E-state index >= 15 is 0 Å². The Morgan fingerprint density at radius 2 is 0.920 bits per heavy atom. The molecule has 0 spiro atoms. The molecular weight excluding hydrogens is 631 g/mol. The first-order chi connectivity index (χ1) is 24.8. The van der Waals surface area contributed by atoms with Crippen molar-refractivity contribution in [2.75, 3.05) is 0 Å². The van der Waals surface area contributed by atoms with Crippen molar-refractivity contribution in [3.63, 3.8) is 0 Å². The maximum absolute atomic E-state index is 6.27. The van der Waals surface area contributed by atoms with Gasteiger partial charge in [-0.25, -0.2) is 15.0 Å². The molecule has 0 fully saturated rings. The van der Waals surface area contributed by atoms with Crippen LogP contribution in [0.2, 0.25) is 0 Å². The van der Waals surface area contributed by atoms with Crippen LogP contribution in [0, 0.1) is 0 Å². The van der Waals surface area contributed by atoms with Gasteiger partial charge in [-0.15, -0.1) is 11.3 Å². The molecule has 4 nitrogen and oxygen atoms in total. The molecule has 0 aliphatic rings. The topological polar surface area (TPSA) is 51.8 Å². The van der Waals surface area contributed by atoms with E-state index in [1.165, 1.54) is 42.4 Å². The molecule has 3 heterocycles. The van der Waals surface area contributed by atoms with Crippen LogP contribution in [0.25, 0.3) is 98.5 Å². The molecule has 0 aliphatic carbocycles. The molecule has 0 radical (unpaired) electrons. The molecule has 0 atom stereocenters. The molecule has 0 bridgehead atoms. The van der Waals surface area contributed by atoms with Crippen LogP contribution in [-0.4, -0.2) is 15.0 Å². The third-order valence-electron chi connectivity index (χ3n) is 9.37. The van der Waals surface area contributed by atoms with Gasteiger partial charge in [0.25, 0.3) is 0 Å². The second-order valence-corrected chi connectivity index (χ2v) is 13.4. The lowest BCUT2D eigenvalue weighted by atomic mass is 9.91. The van der Waals surface area contributed by atoms with Crippen LogP contribution in [0.1, 0.15) is 0 Å². The Kier molecular flexibility index (Phi) is 6.64. The monoisotopic (exact) mass is 657 g/mol. The molecule has 234 valence electrons. The third kappa shape index (κ3) is 4.71. The van der Waals surface area contributed by atoms with Crippen molar-refractivity contribution >= 4 is 53.4 Å². The molecule has 10 aromatic rings. The van der Waals surface area contributed by atoms with Crippen molar-refractivity contribution in [2.24, 2.45) is 0 Å². The van der Waals surface area contributed by atoms with Crippen LogP contribution >= 0.6 is 11.3 Å². The minimum absolute atomic E-state index is 0.656. The Bertz CT molecular complexity index is 2820. The SMILES string of the molecule is c1ccc(-c2nc(-c3ccccc3)nc(-c3ccc4c(c3)sc3c(-c5ccccc5-c5cccc6oc7ccccc7c56)cccc34)n2)cc1. The molecule has 0 saturated carbocycles. The largest absolute Gasteiger partial charge is 0.456 e. The maximum atomic E-state index is 6.27. The van der Waals surface area contributed by atoms with Crippen LogP contribution < -0.4 is 0 Å². The van der Waals surface area contributed by atoms with Gasteiger partial charge < -0.3 is 4.42 Å². The Balaban J connectivity index is 1.14. The molecule has 10 rings (SSSR count).